The van der Waals surface area contributed by atoms with Crippen molar-refractivity contribution in [3.63, 3.8) is 0 Å². The number of alkyl halides is 1. The van der Waals surface area contributed by atoms with Gasteiger partial charge in [0.1, 0.15) is 6.17 Å². The van der Waals surface area contributed by atoms with Crippen molar-refractivity contribution in [2.24, 2.45) is 17.3 Å². The van der Waals surface area contributed by atoms with Gasteiger partial charge in [-0.1, -0.05) is 51.1 Å². The molecule has 3 atom stereocenters. The normalized spacial score (nSPS) is 27.9. The fourth-order valence-corrected chi connectivity index (χ4v) is 2.61. The first kappa shape index (κ1) is 13.5. The smallest absolute Gasteiger partial charge is 0.108 e. The maximum absolute atomic E-state index is 14.0. The summed E-state index contributed by atoms with van der Waals surface area (Å²) in [6, 6.07) is 10.0. The lowest BCUT2D eigenvalue weighted by atomic mass is 9.62. The summed E-state index contributed by atoms with van der Waals surface area (Å²) in [5.74, 6) is 0.292. The fraction of sp³-hybridized carbons (Fsp3) is 0.625. The second-order valence-corrected chi connectivity index (χ2v) is 6.41. The summed E-state index contributed by atoms with van der Waals surface area (Å²) in [5, 5.41) is 0. The van der Waals surface area contributed by atoms with Gasteiger partial charge in [0.2, 0.25) is 0 Å². The van der Waals surface area contributed by atoms with Crippen LogP contribution in [0.2, 0.25) is 0 Å². The quantitative estimate of drug-likeness (QED) is 0.777. The van der Waals surface area contributed by atoms with Gasteiger partial charge in [-0.2, -0.15) is 0 Å². The van der Waals surface area contributed by atoms with E-state index in [-0.39, 0.29) is 17.3 Å². The fourth-order valence-electron chi connectivity index (χ4n) is 2.61. The van der Waals surface area contributed by atoms with Crippen LogP contribution in [0.25, 0.3) is 0 Å². The molecule has 0 N–H and O–H groups in total. The van der Waals surface area contributed by atoms with E-state index >= 15 is 0 Å². The Hall–Kier alpha value is -0.890. The van der Waals surface area contributed by atoms with Gasteiger partial charge in [0.15, 0.2) is 0 Å². The molecule has 1 aliphatic rings. The molecule has 2 rings (SSSR count). The summed E-state index contributed by atoms with van der Waals surface area (Å²) in [6.07, 6.45) is 0.264. The van der Waals surface area contributed by atoms with E-state index in [2.05, 4.69) is 20.8 Å². The monoisotopic (exact) mass is 250 g/mol. The lowest BCUT2D eigenvalue weighted by Crippen LogP contribution is -2.47. The van der Waals surface area contributed by atoms with E-state index in [1.165, 1.54) is 0 Å². The molecule has 1 unspecified atom stereocenters. The van der Waals surface area contributed by atoms with Crippen molar-refractivity contribution < 1.29 is 9.13 Å². The summed E-state index contributed by atoms with van der Waals surface area (Å²) in [4.78, 5) is 0. The Balaban J connectivity index is 1.71. The first-order valence-electron chi connectivity index (χ1n) is 6.74. The Bertz CT molecular complexity index is 368. The Morgan fingerprint density at radius 3 is 2.44 bits per heavy atom. The molecule has 2 heteroatoms. The highest BCUT2D eigenvalue weighted by molar-refractivity contribution is 5.13. The molecule has 0 aliphatic heterocycles. The van der Waals surface area contributed by atoms with Crippen molar-refractivity contribution >= 4 is 0 Å². The van der Waals surface area contributed by atoms with Gasteiger partial charge in [0.25, 0.3) is 0 Å². The number of rotatable bonds is 4. The zero-order chi connectivity index (χ0) is 13.2. The van der Waals surface area contributed by atoms with Gasteiger partial charge in [0, 0.05) is 5.92 Å². The van der Waals surface area contributed by atoms with Crippen LogP contribution in [0.15, 0.2) is 30.3 Å². The zero-order valence-corrected chi connectivity index (χ0v) is 11.5. The van der Waals surface area contributed by atoms with Crippen LogP contribution in [0.1, 0.15) is 32.8 Å². The van der Waals surface area contributed by atoms with E-state index in [4.69, 9.17) is 4.74 Å². The molecule has 1 saturated carbocycles. The van der Waals surface area contributed by atoms with Gasteiger partial charge in [-0.15, -0.1) is 0 Å². The van der Waals surface area contributed by atoms with Gasteiger partial charge in [0.05, 0.1) is 13.2 Å². The summed E-state index contributed by atoms with van der Waals surface area (Å²) in [5.41, 5.74) is 1.23. The van der Waals surface area contributed by atoms with Gasteiger partial charge in [-0.25, -0.2) is 4.39 Å². The predicted octanol–water partition coefficient (Wildman–Crippen LogP) is 4.22. The standard InChI is InChI=1S/C16H23FO/c1-16(2,3)14-9-13(15(14)17)11-18-10-12-7-5-4-6-8-12/h4-8,13-15H,9-11H2,1-3H3/t13-,14-,15?/m0/s1. The highest BCUT2D eigenvalue weighted by Crippen LogP contribution is 2.47. The Kier molecular flexibility index (Phi) is 4.06. The van der Waals surface area contributed by atoms with Crippen molar-refractivity contribution in [3.05, 3.63) is 35.9 Å². The topological polar surface area (TPSA) is 9.23 Å². The van der Waals surface area contributed by atoms with E-state index in [9.17, 15) is 4.39 Å². The van der Waals surface area contributed by atoms with E-state index in [1.807, 2.05) is 30.3 Å². The van der Waals surface area contributed by atoms with Crippen LogP contribution in [0.5, 0.6) is 0 Å². The lowest BCUT2D eigenvalue weighted by molar-refractivity contribution is -0.0764. The van der Waals surface area contributed by atoms with Crippen LogP contribution in [-0.2, 0) is 11.3 Å². The molecule has 1 fully saturated rings. The highest BCUT2D eigenvalue weighted by Gasteiger charge is 2.47. The summed E-state index contributed by atoms with van der Waals surface area (Å²) in [7, 11) is 0. The molecule has 0 amide bonds. The SMILES string of the molecule is CC(C)(C)[C@H]1C[C@@H](COCc2ccccc2)C1F. The molecule has 18 heavy (non-hydrogen) atoms. The Morgan fingerprint density at radius 1 is 1.22 bits per heavy atom. The summed E-state index contributed by atoms with van der Waals surface area (Å²) in [6.45, 7) is 7.48. The molecule has 1 aliphatic carbocycles. The number of hydrogen-bond acceptors (Lipinski definition) is 1. The molecule has 1 aromatic rings. The molecule has 100 valence electrons. The molecule has 0 saturated heterocycles. The molecule has 1 nitrogen and oxygen atoms in total. The molecule has 0 heterocycles. The second-order valence-electron chi connectivity index (χ2n) is 6.41. The minimum Gasteiger partial charge on any atom is -0.376 e. The first-order chi connectivity index (χ1) is 8.48. The van der Waals surface area contributed by atoms with Crippen LogP contribution in [0.4, 0.5) is 4.39 Å². The zero-order valence-electron chi connectivity index (χ0n) is 11.5. The molecule has 0 spiro atoms. The van der Waals surface area contributed by atoms with Crippen LogP contribution < -0.4 is 0 Å². The third kappa shape index (κ3) is 3.11. The van der Waals surface area contributed by atoms with E-state index < -0.39 is 6.17 Å². The maximum Gasteiger partial charge on any atom is 0.108 e. The van der Waals surface area contributed by atoms with Crippen LogP contribution in [0.3, 0.4) is 0 Å². The van der Waals surface area contributed by atoms with Crippen molar-refractivity contribution in [1.82, 2.24) is 0 Å². The van der Waals surface area contributed by atoms with Gasteiger partial charge < -0.3 is 4.74 Å². The third-order valence-electron chi connectivity index (χ3n) is 3.95. The molecule has 0 bridgehead atoms. The average Bonchev–Trinajstić information content (AvgIpc) is 2.32. The molecule has 1 aromatic carbocycles. The van der Waals surface area contributed by atoms with Crippen LogP contribution >= 0.6 is 0 Å². The predicted molar refractivity (Wildman–Crippen MR) is 72.0 cm³/mol. The lowest BCUT2D eigenvalue weighted by Gasteiger charge is -2.46. The molecular weight excluding hydrogens is 227 g/mol. The highest BCUT2D eigenvalue weighted by atomic mass is 19.1. The van der Waals surface area contributed by atoms with E-state index in [1.54, 1.807) is 0 Å². The minimum atomic E-state index is -0.694. The van der Waals surface area contributed by atoms with Gasteiger partial charge >= 0.3 is 0 Å². The van der Waals surface area contributed by atoms with Crippen molar-refractivity contribution in [2.45, 2.75) is 40.0 Å². The number of hydrogen-bond donors (Lipinski definition) is 0. The Labute approximate surface area is 109 Å². The summed E-state index contributed by atoms with van der Waals surface area (Å²) >= 11 is 0. The Morgan fingerprint density at radius 2 is 1.89 bits per heavy atom. The number of benzene rings is 1. The van der Waals surface area contributed by atoms with Gasteiger partial charge in [-0.05, 0) is 23.3 Å². The van der Waals surface area contributed by atoms with E-state index in [0.29, 0.717) is 13.2 Å². The molecule has 0 aromatic heterocycles. The number of ether oxygens (including phenoxy) is 1. The van der Waals surface area contributed by atoms with Crippen molar-refractivity contribution in [1.29, 1.82) is 0 Å². The third-order valence-corrected chi connectivity index (χ3v) is 3.95. The van der Waals surface area contributed by atoms with Crippen LogP contribution in [-0.4, -0.2) is 12.8 Å². The van der Waals surface area contributed by atoms with Crippen molar-refractivity contribution in [2.75, 3.05) is 6.61 Å². The second kappa shape index (κ2) is 5.40. The van der Waals surface area contributed by atoms with E-state index in [0.717, 1.165) is 12.0 Å². The molecule has 0 radical (unpaired) electrons. The summed E-state index contributed by atoms with van der Waals surface area (Å²) < 4.78 is 19.6. The average molecular weight is 250 g/mol. The first-order valence-corrected chi connectivity index (χ1v) is 6.74. The van der Waals surface area contributed by atoms with Gasteiger partial charge in [-0.3, -0.25) is 0 Å². The van der Waals surface area contributed by atoms with Crippen molar-refractivity contribution in [3.8, 4) is 0 Å². The largest absolute Gasteiger partial charge is 0.376 e. The number of halogens is 1. The maximum atomic E-state index is 14.0. The minimum absolute atomic E-state index is 0.0787. The molecular formula is C16H23FO. The van der Waals surface area contributed by atoms with Crippen LogP contribution in [0, 0.1) is 17.3 Å².